The minimum absolute atomic E-state index is 0.545. The molecule has 178 valence electrons. The van der Waals surface area contributed by atoms with Crippen molar-refractivity contribution in [2.45, 2.75) is 38.1 Å². The lowest BCUT2D eigenvalue weighted by Gasteiger charge is -2.46. The number of likely N-dealkylation sites (tertiary alicyclic amines) is 1. The van der Waals surface area contributed by atoms with Crippen LogP contribution < -0.4 is 0 Å². The Morgan fingerprint density at radius 1 is 0.514 bits per heavy atom. The summed E-state index contributed by atoms with van der Waals surface area (Å²) < 4.78 is 0. The first-order chi connectivity index (χ1) is 17.3. The summed E-state index contributed by atoms with van der Waals surface area (Å²) in [6.07, 6.45) is 5.84. The molecule has 3 unspecified atom stereocenters. The molecule has 0 aliphatic carbocycles. The fourth-order valence-electron chi connectivity index (χ4n) is 5.99. The number of rotatable bonds is 9. The Morgan fingerprint density at radius 2 is 0.971 bits per heavy atom. The van der Waals surface area contributed by atoms with E-state index in [4.69, 9.17) is 0 Å². The van der Waals surface area contributed by atoms with E-state index in [2.05, 4.69) is 126 Å². The molecule has 0 spiro atoms. The Bertz CT molecular complexity index is 1120. The van der Waals surface area contributed by atoms with Crippen molar-refractivity contribution in [2.75, 3.05) is 13.1 Å². The van der Waals surface area contributed by atoms with E-state index in [9.17, 15) is 0 Å². The van der Waals surface area contributed by atoms with E-state index in [1.807, 2.05) is 0 Å². The van der Waals surface area contributed by atoms with Gasteiger partial charge in [0.1, 0.15) is 0 Å². The Balaban J connectivity index is 1.43. The second-order valence-electron chi connectivity index (χ2n) is 10.1. The van der Waals surface area contributed by atoms with E-state index in [0.717, 1.165) is 25.8 Å². The average Bonchev–Trinajstić information content (AvgIpc) is 2.92. The van der Waals surface area contributed by atoms with Crippen LogP contribution in [0.15, 0.2) is 121 Å². The summed E-state index contributed by atoms with van der Waals surface area (Å²) in [5.41, 5.74) is 5.85. The molecule has 0 bridgehead atoms. The van der Waals surface area contributed by atoms with Crippen molar-refractivity contribution >= 4 is 0 Å². The van der Waals surface area contributed by atoms with Crippen molar-refractivity contribution in [1.29, 1.82) is 0 Å². The zero-order valence-electron chi connectivity index (χ0n) is 20.7. The van der Waals surface area contributed by atoms with E-state index >= 15 is 0 Å². The Morgan fingerprint density at radius 3 is 1.51 bits per heavy atom. The molecule has 1 fully saturated rings. The number of hydrogen-bond acceptors (Lipinski definition) is 1. The van der Waals surface area contributed by atoms with Gasteiger partial charge in [0.2, 0.25) is 0 Å². The molecule has 1 aliphatic heterocycles. The third kappa shape index (κ3) is 6.50. The summed E-state index contributed by atoms with van der Waals surface area (Å²) >= 11 is 0. The van der Waals surface area contributed by atoms with Crippen LogP contribution in [0.2, 0.25) is 0 Å². The van der Waals surface area contributed by atoms with Crippen molar-refractivity contribution in [3.63, 3.8) is 0 Å². The predicted octanol–water partition coefficient (Wildman–Crippen LogP) is 7.26. The van der Waals surface area contributed by atoms with E-state index in [1.54, 1.807) is 0 Å². The topological polar surface area (TPSA) is 3.24 Å². The molecule has 4 aromatic rings. The molecule has 1 heteroatoms. The number of benzene rings is 4. The third-order valence-corrected chi connectivity index (χ3v) is 7.83. The maximum Gasteiger partial charge on any atom is 0.0170 e. The van der Waals surface area contributed by atoms with Crippen LogP contribution in [0.5, 0.6) is 0 Å². The van der Waals surface area contributed by atoms with Crippen LogP contribution in [0.4, 0.5) is 0 Å². The van der Waals surface area contributed by atoms with Crippen molar-refractivity contribution < 1.29 is 0 Å². The lowest BCUT2D eigenvalue weighted by molar-refractivity contribution is 0.0481. The molecule has 0 N–H and O–H groups in total. The van der Waals surface area contributed by atoms with Crippen LogP contribution in [0.25, 0.3) is 0 Å². The quantitative estimate of drug-likeness (QED) is 0.254. The molecule has 4 aromatic carbocycles. The molecule has 1 saturated heterocycles. The zero-order chi connectivity index (χ0) is 23.7. The molecule has 0 amide bonds. The second-order valence-corrected chi connectivity index (χ2v) is 10.1. The van der Waals surface area contributed by atoms with Gasteiger partial charge in [-0.05, 0) is 72.7 Å². The van der Waals surface area contributed by atoms with Crippen LogP contribution >= 0.6 is 0 Å². The molecule has 35 heavy (non-hydrogen) atoms. The normalized spacial score (nSPS) is 20.5. The minimum atomic E-state index is 0.545. The number of nitrogens with zero attached hydrogens (tertiary/aromatic N) is 1. The molecule has 0 saturated carbocycles. The Labute approximate surface area is 211 Å². The largest absolute Gasteiger partial charge is 0.299 e. The fourth-order valence-corrected chi connectivity index (χ4v) is 5.99. The third-order valence-electron chi connectivity index (χ3n) is 7.83. The van der Waals surface area contributed by atoms with Gasteiger partial charge in [0.05, 0.1) is 0 Å². The maximum absolute atomic E-state index is 2.81. The highest BCUT2D eigenvalue weighted by Gasteiger charge is 2.37. The summed E-state index contributed by atoms with van der Waals surface area (Å²) in [4.78, 5) is 2.81. The molecule has 1 nitrogen and oxygen atoms in total. The van der Waals surface area contributed by atoms with Gasteiger partial charge in [0.25, 0.3) is 0 Å². The smallest absolute Gasteiger partial charge is 0.0170 e. The van der Waals surface area contributed by atoms with E-state index in [-0.39, 0.29) is 0 Å². The minimum Gasteiger partial charge on any atom is -0.299 e. The van der Waals surface area contributed by atoms with Crippen LogP contribution in [0, 0.1) is 11.8 Å². The van der Waals surface area contributed by atoms with Crippen LogP contribution in [0.1, 0.15) is 28.7 Å². The van der Waals surface area contributed by atoms with Crippen LogP contribution in [-0.2, 0) is 25.7 Å². The first-order valence-electron chi connectivity index (χ1n) is 13.2. The molecule has 0 radical (unpaired) electrons. The summed E-state index contributed by atoms with van der Waals surface area (Å²) in [7, 11) is 0. The van der Waals surface area contributed by atoms with Gasteiger partial charge in [-0.2, -0.15) is 0 Å². The number of piperidine rings is 1. The van der Waals surface area contributed by atoms with Gasteiger partial charge in [-0.3, -0.25) is 4.90 Å². The lowest BCUT2D eigenvalue weighted by Crippen LogP contribution is -2.52. The van der Waals surface area contributed by atoms with E-state index in [0.29, 0.717) is 17.9 Å². The second kappa shape index (κ2) is 12.0. The maximum atomic E-state index is 2.81. The number of hydrogen-bond donors (Lipinski definition) is 0. The van der Waals surface area contributed by atoms with Gasteiger partial charge in [0, 0.05) is 12.6 Å². The monoisotopic (exact) mass is 459 g/mol. The van der Waals surface area contributed by atoms with Crippen molar-refractivity contribution in [3.05, 3.63) is 144 Å². The Kier molecular flexibility index (Phi) is 8.08. The lowest BCUT2D eigenvalue weighted by atomic mass is 9.72. The highest BCUT2D eigenvalue weighted by atomic mass is 15.2. The predicted molar refractivity (Wildman–Crippen MR) is 148 cm³/mol. The summed E-state index contributed by atoms with van der Waals surface area (Å²) in [6.45, 7) is 2.32. The zero-order valence-corrected chi connectivity index (χ0v) is 20.7. The average molecular weight is 460 g/mol. The Hall–Kier alpha value is -3.16. The van der Waals surface area contributed by atoms with Gasteiger partial charge >= 0.3 is 0 Å². The van der Waals surface area contributed by atoms with Gasteiger partial charge in [-0.25, -0.2) is 0 Å². The van der Waals surface area contributed by atoms with Crippen molar-refractivity contribution in [3.8, 4) is 0 Å². The van der Waals surface area contributed by atoms with Crippen molar-refractivity contribution in [2.24, 2.45) is 11.8 Å². The van der Waals surface area contributed by atoms with Gasteiger partial charge in [0.15, 0.2) is 0 Å². The summed E-state index contributed by atoms with van der Waals surface area (Å²) in [6, 6.07) is 45.0. The van der Waals surface area contributed by atoms with Crippen LogP contribution in [-0.4, -0.2) is 24.0 Å². The highest BCUT2D eigenvalue weighted by Crippen LogP contribution is 2.36. The molecule has 0 aromatic heterocycles. The van der Waals surface area contributed by atoms with Gasteiger partial charge < -0.3 is 0 Å². The van der Waals surface area contributed by atoms with Crippen LogP contribution in [0.3, 0.4) is 0 Å². The molecule has 5 rings (SSSR count). The van der Waals surface area contributed by atoms with Gasteiger partial charge in [-0.15, -0.1) is 0 Å². The van der Waals surface area contributed by atoms with Crippen molar-refractivity contribution in [1.82, 2.24) is 4.90 Å². The summed E-state index contributed by atoms with van der Waals surface area (Å²) in [5.74, 6) is 1.32. The van der Waals surface area contributed by atoms with E-state index < -0.39 is 0 Å². The first kappa shape index (κ1) is 23.6. The standard InChI is InChI=1S/C34H37N/c1-5-13-28(14-6-1)21-23-35-24-22-32(25-29-15-7-2-8-16-29)33(26-30-17-9-3-10-18-30)34(35)27-31-19-11-4-12-20-31/h1-20,32-34H,21-27H2. The van der Waals surface area contributed by atoms with Gasteiger partial charge in [-0.1, -0.05) is 121 Å². The molecule has 1 aliphatic rings. The molecular weight excluding hydrogens is 422 g/mol. The first-order valence-corrected chi connectivity index (χ1v) is 13.2. The molecule has 3 atom stereocenters. The molecule has 1 heterocycles. The molecular formula is C34H37N. The fraction of sp³-hybridized carbons (Fsp3) is 0.294. The highest BCUT2D eigenvalue weighted by molar-refractivity contribution is 5.22. The summed E-state index contributed by atoms with van der Waals surface area (Å²) in [5, 5.41) is 0. The van der Waals surface area contributed by atoms with E-state index in [1.165, 1.54) is 41.6 Å². The SMILES string of the molecule is c1ccc(CCN2CCC(Cc3ccccc3)C(Cc3ccccc3)C2Cc2ccccc2)cc1.